The summed E-state index contributed by atoms with van der Waals surface area (Å²) >= 11 is 6.62. The van der Waals surface area contributed by atoms with Crippen LogP contribution >= 0.6 is 31.9 Å². The van der Waals surface area contributed by atoms with Crippen LogP contribution in [0.25, 0.3) is 6.08 Å². The van der Waals surface area contributed by atoms with Gasteiger partial charge in [0.15, 0.2) is 11.8 Å². The molecule has 1 aliphatic rings. The minimum atomic E-state index is -0.223. The van der Waals surface area contributed by atoms with Crippen LogP contribution in [0.3, 0.4) is 0 Å². The number of nitrogens with one attached hydrogen (secondary N) is 3. The fourth-order valence-corrected chi connectivity index (χ4v) is 3.02. The summed E-state index contributed by atoms with van der Waals surface area (Å²) in [5.74, 6) is 0.879. The summed E-state index contributed by atoms with van der Waals surface area (Å²) in [6.45, 7) is 0.640. The zero-order valence-corrected chi connectivity index (χ0v) is 16.6. The number of carbonyl (C=O) groups is 1. The summed E-state index contributed by atoms with van der Waals surface area (Å²) in [6, 6.07) is 1.69. The lowest BCUT2D eigenvalue weighted by Crippen LogP contribution is -2.23. The number of aliphatic hydroxyl groups excluding tert-OH is 1. The van der Waals surface area contributed by atoms with Gasteiger partial charge in [-0.15, -0.1) is 0 Å². The number of aromatic nitrogens is 3. The third kappa shape index (κ3) is 4.20. The average molecular weight is 484 g/mol. The number of nitrogens with two attached hydrogens (primary N) is 1. The maximum absolute atomic E-state index is 12.1. The molecule has 3 heterocycles. The smallest absolute Gasteiger partial charge is 0.268 e. The van der Waals surface area contributed by atoms with Gasteiger partial charge in [-0.3, -0.25) is 4.79 Å². The third-order valence-corrected chi connectivity index (χ3v) is 5.31. The first-order valence-corrected chi connectivity index (χ1v) is 9.20. The lowest BCUT2D eigenvalue weighted by molar-refractivity contribution is 0.0953. The van der Waals surface area contributed by atoms with Crippen LogP contribution in [0.4, 0.5) is 11.8 Å². The maximum atomic E-state index is 12.1. The SMILES string of the molecule is Nc1nc(N2C=CC=C(O)C2)c(C=CCNC(=O)c2cc(Br)c(Br)[nH]2)[nH]1. The second-order valence-electron chi connectivity index (χ2n) is 5.44. The predicted octanol–water partition coefficient (Wildman–Crippen LogP) is 3.06. The number of carbonyl (C=O) groups excluding carboxylic acids is 1. The van der Waals surface area contributed by atoms with E-state index in [1.807, 2.05) is 0 Å². The molecule has 0 fully saturated rings. The molecule has 6 N–H and O–H groups in total. The molecule has 0 saturated carbocycles. The van der Waals surface area contributed by atoms with Gasteiger partial charge in [-0.05, 0) is 56.2 Å². The van der Waals surface area contributed by atoms with Gasteiger partial charge in [-0.1, -0.05) is 6.08 Å². The fourth-order valence-electron chi connectivity index (χ4n) is 2.36. The van der Waals surface area contributed by atoms with E-state index in [9.17, 15) is 9.90 Å². The number of allylic oxidation sites excluding steroid dienone is 2. The first kappa shape index (κ1) is 18.3. The minimum absolute atomic E-state index is 0.223. The lowest BCUT2D eigenvalue weighted by Gasteiger charge is -2.20. The average Bonchev–Trinajstić information content (AvgIpc) is 3.14. The molecule has 1 amide bonds. The highest BCUT2D eigenvalue weighted by Crippen LogP contribution is 2.24. The number of aliphatic hydroxyl groups is 1. The van der Waals surface area contributed by atoms with Crippen LogP contribution in [0.2, 0.25) is 0 Å². The Hall–Kier alpha value is -2.46. The number of rotatable bonds is 5. The van der Waals surface area contributed by atoms with E-state index < -0.39 is 0 Å². The van der Waals surface area contributed by atoms with Crippen molar-refractivity contribution in [2.75, 3.05) is 23.7 Å². The molecular formula is C16H16Br2N6O2. The summed E-state index contributed by atoms with van der Waals surface area (Å²) in [7, 11) is 0. The molecule has 0 aromatic carbocycles. The van der Waals surface area contributed by atoms with E-state index >= 15 is 0 Å². The van der Waals surface area contributed by atoms with Gasteiger partial charge in [-0.2, -0.15) is 4.98 Å². The fraction of sp³-hybridized carbons (Fsp3) is 0.125. The van der Waals surface area contributed by atoms with Crippen molar-refractivity contribution in [2.24, 2.45) is 0 Å². The number of amides is 1. The van der Waals surface area contributed by atoms with Crippen LogP contribution in [0.1, 0.15) is 16.2 Å². The Labute approximate surface area is 166 Å². The van der Waals surface area contributed by atoms with E-state index in [2.05, 4.69) is 52.1 Å². The van der Waals surface area contributed by atoms with Gasteiger partial charge >= 0.3 is 0 Å². The summed E-state index contributed by atoms with van der Waals surface area (Å²) in [4.78, 5) is 24.0. The summed E-state index contributed by atoms with van der Waals surface area (Å²) in [6.07, 6.45) is 8.71. The Morgan fingerprint density at radius 3 is 2.96 bits per heavy atom. The molecule has 3 rings (SSSR count). The molecule has 0 spiro atoms. The zero-order chi connectivity index (χ0) is 18.7. The number of hydrogen-bond acceptors (Lipinski definition) is 5. The summed E-state index contributed by atoms with van der Waals surface area (Å²) < 4.78 is 1.49. The number of nitrogens with zero attached hydrogens (tertiary/aromatic N) is 2. The highest BCUT2D eigenvalue weighted by Gasteiger charge is 2.16. The summed E-state index contributed by atoms with van der Waals surface area (Å²) in [5.41, 5.74) is 6.88. The number of halogens is 2. The molecule has 0 unspecified atom stereocenters. The molecular weight excluding hydrogens is 468 g/mol. The standard InChI is InChI=1S/C16H16Br2N6O2/c17-10-7-12(21-13(10)18)15(26)20-5-1-4-11-14(23-16(19)22-11)24-6-2-3-9(25)8-24/h1-4,6-7,21,25H,5,8H2,(H,20,26)(H3,19,22,23). The van der Waals surface area contributed by atoms with Crippen molar-refractivity contribution in [1.29, 1.82) is 0 Å². The molecule has 136 valence electrons. The zero-order valence-electron chi connectivity index (χ0n) is 13.5. The van der Waals surface area contributed by atoms with Crippen LogP contribution in [-0.4, -0.2) is 39.1 Å². The Kier molecular flexibility index (Phi) is 5.52. The van der Waals surface area contributed by atoms with Crippen molar-refractivity contribution in [1.82, 2.24) is 20.3 Å². The topological polar surface area (TPSA) is 123 Å². The van der Waals surface area contributed by atoms with E-state index in [1.54, 1.807) is 41.5 Å². The molecule has 0 atom stereocenters. The molecule has 26 heavy (non-hydrogen) atoms. The number of nitrogen functional groups attached to an aromatic ring is 1. The molecule has 0 saturated heterocycles. The van der Waals surface area contributed by atoms with Crippen molar-refractivity contribution in [3.05, 3.63) is 56.7 Å². The van der Waals surface area contributed by atoms with Gasteiger partial charge in [-0.25, -0.2) is 0 Å². The highest BCUT2D eigenvalue weighted by molar-refractivity contribution is 9.13. The van der Waals surface area contributed by atoms with E-state index in [1.165, 1.54) is 0 Å². The van der Waals surface area contributed by atoms with Crippen LogP contribution < -0.4 is 16.0 Å². The van der Waals surface area contributed by atoms with Gasteiger partial charge in [0.1, 0.15) is 11.5 Å². The van der Waals surface area contributed by atoms with Crippen molar-refractivity contribution in [3.8, 4) is 0 Å². The van der Waals surface area contributed by atoms with E-state index in [4.69, 9.17) is 5.73 Å². The molecule has 0 aliphatic carbocycles. The van der Waals surface area contributed by atoms with Crippen LogP contribution in [-0.2, 0) is 0 Å². The molecule has 2 aromatic heterocycles. The number of anilines is 2. The second kappa shape index (κ2) is 7.83. The van der Waals surface area contributed by atoms with Crippen molar-refractivity contribution in [3.63, 3.8) is 0 Å². The Morgan fingerprint density at radius 1 is 1.46 bits per heavy atom. The number of H-pyrrole nitrogens is 2. The highest BCUT2D eigenvalue weighted by atomic mass is 79.9. The second-order valence-corrected chi connectivity index (χ2v) is 7.09. The first-order chi connectivity index (χ1) is 12.4. The predicted molar refractivity (Wildman–Crippen MR) is 108 cm³/mol. The summed E-state index contributed by atoms with van der Waals surface area (Å²) in [5, 5.41) is 12.4. The minimum Gasteiger partial charge on any atom is -0.510 e. The quantitative estimate of drug-likeness (QED) is 0.447. The van der Waals surface area contributed by atoms with Gasteiger partial charge in [0.25, 0.3) is 5.91 Å². The number of aromatic amines is 2. The lowest BCUT2D eigenvalue weighted by atomic mass is 10.3. The Morgan fingerprint density at radius 2 is 2.27 bits per heavy atom. The van der Waals surface area contributed by atoms with Crippen LogP contribution in [0, 0.1) is 0 Å². The van der Waals surface area contributed by atoms with Gasteiger partial charge in [0.05, 0.1) is 21.3 Å². The van der Waals surface area contributed by atoms with Gasteiger partial charge in [0.2, 0.25) is 0 Å². The van der Waals surface area contributed by atoms with E-state index in [-0.39, 0.29) is 17.6 Å². The molecule has 8 nitrogen and oxygen atoms in total. The van der Waals surface area contributed by atoms with E-state index in [0.29, 0.717) is 34.9 Å². The van der Waals surface area contributed by atoms with Gasteiger partial charge in [0, 0.05) is 12.7 Å². The number of hydrogen-bond donors (Lipinski definition) is 5. The van der Waals surface area contributed by atoms with Gasteiger partial charge < -0.3 is 31.0 Å². The monoisotopic (exact) mass is 482 g/mol. The van der Waals surface area contributed by atoms with Crippen LogP contribution in [0.5, 0.6) is 0 Å². The molecule has 0 radical (unpaired) electrons. The molecule has 0 bridgehead atoms. The van der Waals surface area contributed by atoms with Crippen LogP contribution in [0.15, 0.2) is 45.3 Å². The van der Waals surface area contributed by atoms with Crippen molar-refractivity contribution < 1.29 is 9.90 Å². The molecule has 1 aliphatic heterocycles. The molecule has 10 heteroatoms. The van der Waals surface area contributed by atoms with E-state index in [0.717, 1.165) is 4.47 Å². The first-order valence-electron chi connectivity index (χ1n) is 7.61. The van der Waals surface area contributed by atoms with Crippen molar-refractivity contribution >= 4 is 55.6 Å². The normalized spacial score (nSPS) is 14.1. The van der Waals surface area contributed by atoms with Crippen molar-refractivity contribution in [2.45, 2.75) is 0 Å². The number of imidazole rings is 1. The Bertz CT molecular complexity index is 892. The largest absolute Gasteiger partial charge is 0.510 e. The Balaban J connectivity index is 1.63. The third-order valence-electron chi connectivity index (χ3n) is 3.52. The maximum Gasteiger partial charge on any atom is 0.268 e. The molecule has 2 aromatic rings.